The average molecular weight is 319 g/mol. The number of amides is 1. The van der Waals surface area contributed by atoms with Gasteiger partial charge in [-0.3, -0.25) is 4.79 Å². The monoisotopic (exact) mass is 319 g/mol. The van der Waals surface area contributed by atoms with Gasteiger partial charge in [-0.05, 0) is 38.5 Å². The highest BCUT2D eigenvalue weighted by Gasteiger charge is 2.39. The van der Waals surface area contributed by atoms with E-state index >= 15 is 0 Å². The standard InChI is InChI=1S/C18H29N3O2/c1-21(14-16-6-4-3-5-7-16)13-12-20-17(22)18(15-23-2)8-10-19-11-9-18/h3-7,19H,8-15H2,1-2H3,(H,20,22). The Morgan fingerprint density at radius 1 is 1.30 bits per heavy atom. The number of carbonyl (C=O) groups is 1. The molecule has 0 unspecified atom stereocenters. The molecular weight excluding hydrogens is 290 g/mol. The van der Waals surface area contributed by atoms with E-state index in [9.17, 15) is 4.79 Å². The molecule has 1 aromatic carbocycles. The van der Waals surface area contributed by atoms with Gasteiger partial charge in [0.1, 0.15) is 0 Å². The van der Waals surface area contributed by atoms with Gasteiger partial charge in [-0.2, -0.15) is 0 Å². The Balaban J connectivity index is 1.76. The maximum absolute atomic E-state index is 12.6. The summed E-state index contributed by atoms with van der Waals surface area (Å²) in [4.78, 5) is 14.8. The minimum absolute atomic E-state index is 0.133. The normalized spacial score (nSPS) is 17.2. The van der Waals surface area contributed by atoms with Gasteiger partial charge in [-0.15, -0.1) is 0 Å². The predicted molar refractivity (Wildman–Crippen MR) is 92.2 cm³/mol. The number of benzene rings is 1. The molecule has 0 saturated carbocycles. The maximum atomic E-state index is 12.6. The van der Waals surface area contributed by atoms with E-state index in [-0.39, 0.29) is 11.3 Å². The molecule has 23 heavy (non-hydrogen) atoms. The van der Waals surface area contributed by atoms with Crippen molar-refractivity contribution in [2.24, 2.45) is 5.41 Å². The molecule has 0 bridgehead atoms. The highest BCUT2D eigenvalue weighted by Crippen LogP contribution is 2.29. The summed E-state index contributed by atoms with van der Waals surface area (Å²) in [5, 5.41) is 6.42. The van der Waals surface area contributed by atoms with Crippen LogP contribution in [0.25, 0.3) is 0 Å². The number of methoxy groups -OCH3 is 1. The van der Waals surface area contributed by atoms with Crippen LogP contribution < -0.4 is 10.6 Å². The van der Waals surface area contributed by atoms with Crippen LogP contribution >= 0.6 is 0 Å². The second kappa shape index (κ2) is 9.01. The minimum atomic E-state index is -0.363. The number of hydrogen-bond donors (Lipinski definition) is 2. The first-order valence-corrected chi connectivity index (χ1v) is 8.37. The minimum Gasteiger partial charge on any atom is -0.384 e. The molecule has 5 heteroatoms. The Hall–Kier alpha value is -1.43. The fourth-order valence-electron chi connectivity index (χ4n) is 3.14. The molecule has 0 aromatic heterocycles. The number of piperidine rings is 1. The van der Waals surface area contributed by atoms with Crippen LogP contribution in [-0.4, -0.2) is 57.8 Å². The summed E-state index contributed by atoms with van der Waals surface area (Å²) in [7, 11) is 3.75. The molecule has 1 aliphatic rings. The number of nitrogens with one attached hydrogen (secondary N) is 2. The van der Waals surface area contributed by atoms with Crippen LogP contribution in [0.15, 0.2) is 30.3 Å². The zero-order valence-electron chi connectivity index (χ0n) is 14.3. The van der Waals surface area contributed by atoms with Crippen LogP contribution in [0.3, 0.4) is 0 Å². The van der Waals surface area contributed by atoms with Crippen molar-refractivity contribution in [2.45, 2.75) is 19.4 Å². The summed E-state index contributed by atoms with van der Waals surface area (Å²) in [6.07, 6.45) is 1.68. The molecule has 0 spiro atoms. The third-order valence-electron chi connectivity index (χ3n) is 4.54. The Morgan fingerprint density at radius 3 is 2.65 bits per heavy atom. The van der Waals surface area contributed by atoms with Crippen molar-refractivity contribution in [1.82, 2.24) is 15.5 Å². The summed E-state index contributed by atoms with van der Waals surface area (Å²) < 4.78 is 5.31. The largest absolute Gasteiger partial charge is 0.384 e. The zero-order valence-corrected chi connectivity index (χ0v) is 14.3. The van der Waals surface area contributed by atoms with Crippen molar-refractivity contribution < 1.29 is 9.53 Å². The smallest absolute Gasteiger partial charge is 0.228 e. The van der Waals surface area contributed by atoms with Gasteiger partial charge in [-0.1, -0.05) is 30.3 Å². The van der Waals surface area contributed by atoms with E-state index in [4.69, 9.17) is 4.74 Å². The molecule has 128 valence electrons. The molecule has 1 aromatic rings. The lowest BCUT2D eigenvalue weighted by Gasteiger charge is -2.35. The summed E-state index contributed by atoms with van der Waals surface area (Å²) >= 11 is 0. The number of carbonyl (C=O) groups excluding carboxylic acids is 1. The predicted octanol–water partition coefficient (Wildman–Crippen LogP) is 1.25. The van der Waals surface area contributed by atoms with Gasteiger partial charge >= 0.3 is 0 Å². The van der Waals surface area contributed by atoms with Crippen LogP contribution in [0.5, 0.6) is 0 Å². The molecule has 1 saturated heterocycles. The molecule has 1 heterocycles. The first kappa shape index (κ1) is 17.9. The first-order chi connectivity index (χ1) is 11.2. The summed E-state index contributed by atoms with van der Waals surface area (Å²) in [6.45, 7) is 4.66. The van der Waals surface area contributed by atoms with Crippen molar-refractivity contribution in [3.63, 3.8) is 0 Å². The first-order valence-electron chi connectivity index (χ1n) is 8.37. The Bertz CT molecular complexity index is 467. The van der Waals surface area contributed by atoms with Crippen molar-refractivity contribution >= 4 is 5.91 Å². The van der Waals surface area contributed by atoms with Gasteiger partial charge < -0.3 is 20.3 Å². The van der Waals surface area contributed by atoms with Crippen molar-refractivity contribution in [1.29, 1.82) is 0 Å². The van der Waals surface area contributed by atoms with E-state index in [1.165, 1.54) is 5.56 Å². The Labute approximate surface area is 139 Å². The molecule has 1 fully saturated rings. The molecule has 0 atom stereocenters. The Morgan fingerprint density at radius 2 is 2.00 bits per heavy atom. The van der Waals surface area contributed by atoms with Crippen LogP contribution in [-0.2, 0) is 16.1 Å². The molecule has 0 aliphatic carbocycles. The molecule has 2 N–H and O–H groups in total. The van der Waals surface area contributed by atoms with Gasteiger partial charge in [0.25, 0.3) is 0 Å². The lowest BCUT2D eigenvalue weighted by Crippen LogP contribution is -2.51. The third-order valence-corrected chi connectivity index (χ3v) is 4.54. The van der Waals surface area contributed by atoms with E-state index in [2.05, 4.69) is 46.8 Å². The SMILES string of the molecule is COCC1(C(=O)NCCN(C)Cc2ccccc2)CCNCC1. The second-order valence-corrected chi connectivity index (χ2v) is 6.44. The summed E-state index contributed by atoms with van der Waals surface area (Å²) in [5.74, 6) is 0.133. The highest BCUT2D eigenvalue weighted by atomic mass is 16.5. The van der Waals surface area contributed by atoms with E-state index in [0.717, 1.165) is 39.0 Å². The molecule has 5 nitrogen and oxygen atoms in total. The van der Waals surface area contributed by atoms with Crippen LogP contribution in [0.4, 0.5) is 0 Å². The lowest BCUT2D eigenvalue weighted by atomic mass is 9.78. The van der Waals surface area contributed by atoms with E-state index < -0.39 is 0 Å². The quantitative estimate of drug-likeness (QED) is 0.757. The molecular formula is C18H29N3O2. The van der Waals surface area contributed by atoms with Crippen molar-refractivity contribution in [2.75, 3.05) is 46.9 Å². The highest BCUT2D eigenvalue weighted by molar-refractivity contribution is 5.83. The number of likely N-dealkylation sites (N-methyl/N-ethyl adjacent to an activating group) is 1. The van der Waals surface area contributed by atoms with Gasteiger partial charge in [0.15, 0.2) is 0 Å². The summed E-state index contributed by atoms with van der Waals surface area (Å²) in [5.41, 5.74) is 0.924. The zero-order chi connectivity index (χ0) is 16.5. The lowest BCUT2D eigenvalue weighted by molar-refractivity contribution is -0.136. The molecule has 0 radical (unpaired) electrons. The van der Waals surface area contributed by atoms with Crippen LogP contribution in [0, 0.1) is 5.41 Å². The fourth-order valence-corrected chi connectivity index (χ4v) is 3.14. The summed E-state index contributed by atoms with van der Waals surface area (Å²) in [6, 6.07) is 10.4. The number of nitrogens with zero attached hydrogens (tertiary/aromatic N) is 1. The topological polar surface area (TPSA) is 53.6 Å². The van der Waals surface area contributed by atoms with Gasteiger partial charge in [0, 0.05) is 26.7 Å². The average Bonchev–Trinajstić information content (AvgIpc) is 2.57. The number of ether oxygens (including phenoxy) is 1. The van der Waals surface area contributed by atoms with Gasteiger partial charge in [0.05, 0.1) is 12.0 Å². The van der Waals surface area contributed by atoms with Crippen molar-refractivity contribution in [3.8, 4) is 0 Å². The van der Waals surface area contributed by atoms with Crippen molar-refractivity contribution in [3.05, 3.63) is 35.9 Å². The van der Waals surface area contributed by atoms with Gasteiger partial charge in [0.2, 0.25) is 5.91 Å². The second-order valence-electron chi connectivity index (χ2n) is 6.44. The third kappa shape index (κ3) is 5.30. The van der Waals surface area contributed by atoms with E-state index in [1.807, 2.05) is 6.07 Å². The molecule has 2 rings (SSSR count). The van der Waals surface area contributed by atoms with Crippen LogP contribution in [0.2, 0.25) is 0 Å². The fraction of sp³-hybridized carbons (Fsp3) is 0.611. The van der Waals surface area contributed by atoms with Crippen LogP contribution in [0.1, 0.15) is 18.4 Å². The molecule has 1 amide bonds. The Kier molecular flexibility index (Phi) is 7.02. The number of hydrogen-bond acceptors (Lipinski definition) is 4. The van der Waals surface area contributed by atoms with Gasteiger partial charge in [-0.25, -0.2) is 0 Å². The number of rotatable bonds is 8. The van der Waals surface area contributed by atoms with E-state index in [1.54, 1.807) is 7.11 Å². The molecule has 1 aliphatic heterocycles. The maximum Gasteiger partial charge on any atom is 0.228 e. The van der Waals surface area contributed by atoms with E-state index in [0.29, 0.717) is 13.2 Å².